The summed E-state index contributed by atoms with van der Waals surface area (Å²) in [6.07, 6.45) is 5.86. The first-order chi connectivity index (χ1) is 18.5. The largest absolute Gasteiger partial charge is 0.444 e. The van der Waals surface area contributed by atoms with Gasteiger partial charge in [-0.2, -0.15) is 10.4 Å². The summed E-state index contributed by atoms with van der Waals surface area (Å²) >= 11 is 0. The van der Waals surface area contributed by atoms with E-state index >= 15 is 0 Å². The fraction of sp³-hybridized carbons (Fsp3) is 0.407. The Morgan fingerprint density at radius 2 is 1.92 bits per heavy atom. The Balaban J connectivity index is 1.35. The van der Waals surface area contributed by atoms with E-state index in [0.29, 0.717) is 29.9 Å². The lowest BCUT2D eigenvalue weighted by Crippen LogP contribution is -2.37. The number of nitrogens with two attached hydrogens (primary N) is 2. The number of hydrogen-bond acceptors (Lipinski definition) is 9. The van der Waals surface area contributed by atoms with Crippen LogP contribution in [0.2, 0.25) is 0 Å². The molecule has 5 rings (SSSR count). The molecular formula is C27H31N9O3. The van der Waals surface area contributed by atoms with Crippen LogP contribution in [0, 0.1) is 16.7 Å². The lowest BCUT2D eigenvalue weighted by Gasteiger charge is -2.27. The normalized spacial score (nSPS) is 18.9. The number of amides is 2. The first-order valence-electron chi connectivity index (χ1n) is 12.7. The van der Waals surface area contributed by atoms with Crippen LogP contribution in [-0.2, 0) is 4.74 Å². The van der Waals surface area contributed by atoms with Crippen molar-refractivity contribution in [2.45, 2.75) is 39.2 Å². The second kappa shape index (κ2) is 9.58. The zero-order valence-electron chi connectivity index (χ0n) is 22.2. The number of rotatable bonds is 4. The molecule has 4 N–H and O–H groups in total. The highest BCUT2D eigenvalue weighted by Crippen LogP contribution is 2.42. The third kappa shape index (κ3) is 5.20. The zero-order valence-corrected chi connectivity index (χ0v) is 22.2. The molecule has 12 nitrogen and oxygen atoms in total. The fourth-order valence-electron chi connectivity index (χ4n) is 5.21. The van der Waals surface area contributed by atoms with Gasteiger partial charge in [0, 0.05) is 43.4 Å². The number of primary amides is 1. The quantitative estimate of drug-likeness (QED) is 0.516. The van der Waals surface area contributed by atoms with Gasteiger partial charge in [0.1, 0.15) is 11.7 Å². The van der Waals surface area contributed by atoms with Crippen molar-refractivity contribution in [2.24, 2.45) is 11.1 Å². The minimum absolute atomic E-state index is 0.0207. The van der Waals surface area contributed by atoms with Gasteiger partial charge in [0.15, 0.2) is 11.6 Å². The number of aromatic nitrogens is 4. The minimum atomic E-state index is -0.614. The monoisotopic (exact) mass is 529 g/mol. The summed E-state index contributed by atoms with van der Waals surface area (Å²) in [6, 6.07) is 7.92. The Kier molecular flexibility index (Phi) is 6.38. The number of benzene rings is 1. The van der Waals surface area contributed by atoms with Crippen LogP contribution < -0.4 is 16.4 Å². The molecule has 2 aliphatic rings. The van der Waals surface area contributed by atoms with Crippen molar-refractivity contribution in [1.82, 2.24) is 24.6 Å². The molecule has 12 heteroatoms. The molecule has 2 saturated heterocycles. The molecule has 1 spiro atoms. The molecule has 2 aromatic heterocycles. The number of carbonyl (C=O) groups excluding carboxylic acids is 2. The first-order valence-corrected chi connectivity index (χ1v) is 12.7. The molecule has 1 aromatic carbocycles. The molecule has 0 radical (unpaired) electrons. The van der Waals surface area contributed by atoms with E-state index in [1.165, 1.54) is 23.3 Å². The number of nitrogen functional groups attached to an aromatic ring is 1. The van der Waals surface area contributed by atoms with Gasteiger partial charge >= 0.3 is 6.09 Å². The minimum Gasteiger partial charge on any atom is -0.444 e. The molecule has 2 amide bonds. The number of anilines is 2. The zero-order chi connectivity index (χ0) is 27.9. The molecule has 39 heavy (non-hydrogen) atoms. The van der Waals surface area contributed by atoms with E-state index in [1.807, 2.05) is 32.9 Å². The van der Waals surface area contributed by atoms with Crippen LogP contribution in [0.4, 0.5) is 16.3 Å². The maximum Gasteiger partial charge on any atom is 0.410 e. The molecule has 0 saturated carbocycles. The predicted octanol–water partition coefficient (Wildman–Crippen LogP) is 2.72. The Bertz CT molecular complexity index is 1490. The van der Waals surface area contributed by atoms with Crippen LogP contribution in [0.15, 0.2) is 36.8 Å². The van der Waals surface area contributed by atoms with Crippen LogP contribution in [0.3, 0.4) is 0 Å². The summed E-state index contributed by atoms with van der Waals surface area (Å²) in [5.74, 6) is -0.230. The number of nitriles is 1. The molecule has 2 aliphatic heterocycles. The highest BCUT2D eigenvalue weighted by Gasteiger charge is 2.46. The number of nitrogens with zero attached hydrogens (tertiary/aromatic N) is 7. The number of likely N-dealkylation sites (tertiary alicyclic amines) is 1. The summed E-state index contributed by atoms with van der Waals surface area (Å²) in [5, 5.41) is 14.1. The molecule has 2 fully saturated rings. The molecule has 1 unspecified atom stereocenters. The molecule has 202 valence electrons. The van der Waals surface area contributed by atoms with Gasteiger partial charge in [0.2, 0.25) is 0 Å². The van der Waals surface area contributed by atoms with E-state index in [0.717, 1.165) is 31.6 Å². The second-order valence-electron chi connectivity index (χ2n) is 11.2. The van der Waals surface area contributed by atoms with Gasteiger partial charge in [-0.15, -0.1) is 0 Å². The highest BCUT2D eigenvalue weighted by atomic mass is 16.6. The van der Waals surface area contributed by atoms with Gasteiger partial charge in [0.25, 0.3) is 5.91 Å². The van der Waals surface area contributed by atoms with E-state index in [4.69, 9.17) is 16.2 Å². The highest BCUT2D eigenvalue weighted by molar-refractivity contribution is 5.92. The number of ether oxygens (including phenoxy) is 1. The summed E-state index contributed by atoms with van der Waals surface area (Å²) < 4.78 is 6.91. The Morgan fingerprint density at radius 1 is 1.15 bits per heavy atom. The van der Waals surface area contributed by atoms with Crippen molar-refractivity contribution in [2.75, 3.05) is 36.8 Å². The van der Waals surface area contributed by atoms with Crippen LogP contribution in [0.5, 0.6) is 0 Å². The van der Waals surface area contributed by atoms with Crippen LogP contribution >= 0.6 is 0 Å². The van der Waals surface area contributed by atoms with Crippen molar-refractivity contribution < 1.29 is 14.3 Å². The maximum absolute atomic E-state index is 12.6. The molecule has 0 aliphatic carbocycles. The maximum atomic E-state index is 12.6. The van der Waals surface area contributed by atoms with Crippen LogP contribution in [0.1, 0.15) is 49.5 Å². The average molecular weight is 530 g/mol. The molecular weight excluding hydrogens is 498 g/mol. The fourth-order valence-corrected chi connectivity index (χ4v) is 5.21. The third-order valence-corrected chi connectivity index (χ3v) is 7.15. The van der Waals surface area contributed by atoms with Gasteiger partial charge in [-0.05, 0) is 45.7 Å². The Hall–Kier alpha value is -4.66. The van der Waals surface area contributed by atoms with Gasteiger partial charge in [-0.3, -0.25) is 4.79 Å². The number of carbonyl (C=O) groups is 2. The van der Waals surface area contributed by atoms with E-state index in [2.05, 4.69) is 26.0 Å². The van der Waals surface area contributed by atoms with E-state index in [1.54, 1.807) is 11.0 Å². The summed E-state index contributed by atoms with van der Waals surface area (Å²) in [5.41, 5.74) is 13.6. The van der Waals surface area contributed by atoms with Gasteiger partial charge in [-0.1, -0.05) is 6.07 Å². The first kappa shape index (κ1) is 26.0. The Morgan fingerprint density at radius 3 is 2.62 bits per heavy atom. The third-order valence-electron chi connectivity index (χ3n) is 7.15. The lowest BCUT2D eigenvalue weighted by atomic mass is 9.86. The van der Waals surface area contributed by atoms with Crippen molar-refractivity contribution in [3.63, 3.8) is 0 Å². The topological polar surface area (TPSA) is 169 Å². The second-order valence-corrected chi connectivity index (χ2v) is 11.2. The molecule has 0 bridgehead atoms. The number of hydrogen-bond donors (Lipinski definition) is 2. The average Bonchev–Trinajstić information content (AvgIpc) is 3.64. The SMILES string of the molecule is CC(C)(C)OC(=O)N1CCC2(CCN(c3ccc(-c4cnc(N)c(-n5cc(C(N)=O)cn5)n4)cc3C#N)C2)C1. The van der Waals surface area contributed by atoms with Gasteiger partial charge in [0.05, 0.1) is 34.9 Å². The van der Waals surface area contributed by atoms with Crippen LogP contribution in [-0.4, -0.2) is 68.4 Å². The predicted molar refractivity (Wildman–Crippen MR) is 144 cm³/mol. The van der Waals surface area contributed by atoms with Gasteiger partial charge in [-0.25, -0.2) is 19.4 Å². The van der Waals surface area contributed by atoms with Crippen molar-refractivity contribution >= 4 is 23.5 Å². The van der Waals surface area contributed by atoms with Gasteiger partial charge < -0.3 is 26.0 Å². The van der Waals surface area contributed by atoms with Crippen molar-refractivity contribution in [1.29, 1.82) is 5.26 Å². The Labute approximate surface area is 226 Å². The molecule has 3 aromatic rings. The smallest absolute Gasteiger partial charge is 0.410 e. The van der Waals surface area contributed by atoms with Crippen LogP contribution in [0.25, 0.3) is 17.1 Å². The van der Waals surface area contributed by atoms with E-state index in [-0.39, 0.29) is 28.7 Å². The summed E-state index contributed by atoms with van der Waals surface area (Å²) in [7, 11) is 0. The lowest BCUT2D eigenvalue weighted by molar-refractivity contribution is 0.0276. The standard InChI is InChI=1S/C27H31N9O3/c1-26(2,3)39-25(38)35-9-7-27(16-35)6-8-34(15-27)21-5-4-17(10-18(21)11-28)20-13-31-22(29)24(33-20)36-14-19(12-32-36)23(30)37/h4-5,10,12-14H,6-9,15-16H2,1-3H3,(H2,29,31)(H2,30,37). The summed E-state index contributed by atoms with van der Waals surface area (Å²) in [6.45, 7) is 8.48. The molecule has 4 heterocycles. The summed E-state index contributed by atoms with van der Waals surface area (Å²) in [4.78, 5) is 36.9. The van der Waals surface area contributed by atoms with E-state index in [9.17, 15) is 14.9 Å². The van der Waals surface area contributed by atoms with E-state index < -0.39 is 11.5 Å². The van der Waals surface area contributed by atoms with Crippen molar-refractivity contribution in [3.8, 4) is 23.1 Å². The molecule has 1 atom stereocenters. The van der Waals surface area contributed by atoms with Crippen molar-refractivity contribution in [3.05, 3.63) is 47.9 Å².